The van der Waals surface area contributed by atoms with Crippen molar-refractivity contribution in [3.63, 3.8) is 0 Å². The van der Waals surface area contributed by atoms with E-state index in [2.05, 4.69) is 54.2 Å². The zero-order valence-corrected chi connectivity index (χ0v) is 23.0. The molecule has 4 aromatic rings. The monoisotopic (exact) mass is 553 g/mol. The van der Waals surface area contributed by atoms with Gasteiger partial charge >= 0.3 is 0 Å². The van der Waals surface area contributed by atoms with Gasteiger partial charge in [0.15, 0.2) is 11.5 Å². The maximum Gasteiger partial charge on any atom is 0.252 e. The Bertz CT molecular complexity index is 1600. The number of morpholine rings is 1. The molecule has 210 valence electrons. The molecule has 1 unspecified atom stereocenters. The van der Waals surface area contributed by atoms with Crippen molar-refractivity contribution in [1.82, 2.24) is 29.8 Å². The molecule has 13 nitrogen and oxygen atoms in total. The van der Waals surface area contributed by atoms with Gasteiger partial charge in [0.2, 0.25) is 5.95 Å². The van der Waals surface area contributed by atoms with E-state index in [1.165, 1.54) is 6.20 Å². The van der Waals surface area contributed by atoms with E-state index in [1.54, 1.807) is 23.0 Å². The van der Waals surface area contributed by atoms with Crippen molar-refractivity contribution in [2.45, 2.75) is 26.3 Å². The summed E-state index contributed by atoms with van der Waals surface area (Å²) in [6.07, 6.45) is 7.80. The number of nitriles is 1. The van der Waals surface area contributed by atoms with Crippen molar-refractivity contribution in [3.8, 4) is 17.2 Å². The number of carbonyl (C=O) groups excluding carboxylic acids is 1. The first kappa shape index (κ1) is 26.4. The van der Waals surface area contributed by atoms with Crippen molar-refractivity contribution in [2.24, 2.45) is 11.1 Å². The van der Waals surface area contributed by atoms with E-state index in [4.69, 9.17) is 15.7 Å². The Hall–Kier alpha value is -4.83. The van der Waals surface area contributed by atoms with Crippen molar-refractivity contribution in [1.29, 1.82) is 5.26 Å². The molecule has 2 aliphatic rings. The van der Waals surface area contributed by atoms with Gasteiger partial charge in [0.1, 0.15) is 6.07 Å². The first-order chi connectivity index (χ1) is 19.8. The predicted molar refractivity (Wildman–Crippen MR) is 153 cm³/mol. The minimum Gasteiger partial charge on any atom is -0.379 e. The third kappa shape index (κ3) is 5.21. The van der Waals surface area contributed by atoms with Gasteiger partial charge in [0.25, 0.3) is 5.91 Å². The number of ether oxygens (including phenoxy) is 1. The number of hydrogen-bond acceptors (Lipinski definition) is 11. The molecule has 0 bridgehead atoms. The number of hydrogen-bond donors (Lipinski definition) is 2. The number of amides is 1. The number of carbonyl (C=O) groups is 1. The van der Waals surface area contributed by atoms with Gasteiger partial charge in [-0.1, -0.05) is 13.8 Å². The van der Waals surface area contributed by atoms with Crippen LogP contribution in [0.5, 0.6) is 0 Å². The van der Waals surface area contributed by atoms with Crippen LogP contribution in [0.25, 0.3) is 16.6 Å². The Morgan fingerprint density at radius 3 is 2.54 bits per heavy atom. The Labute approximate surface area is 237 Å². The second-order valence-corrected chi connectivity index (χ2v) is 11.0. The van der Waals surface area contributed by atoms with Gasteiger partial charge in [-0.3, -0.25) is 4.79 Å². The normalized spacial score (nSPS) is 18.7. The number of piperidine rings is 1. The molecule has 3 N–H and O–H groups in total. The van der Waals surface area contributed by atoms with E-state index in [-0.39, 0.29) is 17.2 Å². The molecule has 2 aliphatic heterocycles. The summed E-state index contributed by atoms with van der Waals surface area (Å²) in [6, 6.07) is 7.52. The lowest BCUT2D eigenvalue weighted by atomic mass is 9.78. The van der Waals surface area contributed by atoms with Crippen molar-refractivity contribution < 1.29 is 9.53 Å². The fraction of sp³-hybridized carbons (Fsp3) is 0.393. The fourth-order valence-electron chi connectivity index (χ4n) is 5.50. The second kappa shape index (κ2) is 10.6. The van der Waals surface area contributed by atoms with Gasteiger partial charge < -0.3 is 25.6 Å². The fourth-order valence-corrected chi connectivity index (χ4v) is 5.50. The van der Waals surface area contributed by atoms with E-state index >= 15 is 0 Å². The highest BCUT2D eigenvalue weighted by atomic mass is 16.5. The molecule has 0 aliphatic carbocycles. The molecule has 0 radical (unpaired) electrons. The molecule has 41 heavy (non-hydrogen) atoms. The molecule has 6 heterocycles. The van der Waals surface area contributed by atoms with Gasteiger partial charge in [-0.15, -0.1) is 10.2 Å². The van der Waals surface area contributed by atoms with E-state index in [0.29, 0.717) is 37.0 Å². The highest BCUT2D eigenvalue weighted by Gasteiger charge is 2.37. The van der Waals surface area contributed by atoms with Crippen LogP contribution in [-0.4, -0.2) is 81.1 Å². The smallest absolute Gasteiger partial charge is 0.252 e. The first-order valence-electron chi connectivity index (χ1n) is 13.5. The molecule has 0 aromatic carbocycles. The zero-order chi connectivity index (χ0) is 28.6. The average molecular weight is 554 g/mol. The minimum absolute atomic E-state index is 0.0314. The summed E-state index contributed by atoms with van der Waals surface area (Å²) < 4.78 is 7.17. The molecule has 0 spiro atoms. The van der Waals surface area contributed by atoms with Gasteiger partial charge in [-0.05, 0) is 24.6 Å². The molecule has 0 saturated carbocycles. The van der Waals surface area contributed by atoms with Crippen LogP contribution in [0.1, 0.15) is 36.3 Å². The Kier molecular flexibility index (Phi) is 6.84. The quantitative estimate of drug-likeness (QED) is 0.359. The Morgan fingerprint density at radius 1 is 1.10 bits per heavy atom. The van der Waals surface area contributed by atoms with Crippen LogP contribution >= 0.6 is 0 Å². The Morgan fingerprint density at radius 2 is 1.88 bits per heavy atom. The van der Waals surface area contributed by atoms with Crippen LogP contribution < -0.4 is 20.9 Å². The Balaban J connectivity index is 1.27. The van der Waals surface area contributed by atoms with Crippen molar-refractivity contribution in [3.05, 3.63) is 54.2 Å². The average Bonchev–Trinajstić information content (AvgIpc) is 3.43. The highest BCUT2D eigenvalue weighted by Crippen LogP contribution is 2.36. The second-order valence-electron chi connectivity index (χ2n) is 11.0. The molecular formula is C28H31N11O2. The summed E-state index contributed by atoms with van der Waals surface area (Å²) in [5.74, 6) is 0.863. The van der Waals surface area contributed by atoms with Crippen LogP contribution in [0.2, 0.25) is 0 Å². The van der Waals surface area contributed by atoms with Gasteiger partial charge in [0, 0.05) is 67.4 Å². The number of rotatable bonds is 6. The van der Waals surface area contributed by atoms with Gasteiger partial charge in [-0.2, -0.15) is 10.4 Å². The number of anilines is 3. The molecule has 1 atom stereocenters. The van der Waals surface area contributed by atoms with Crippen LogP contribution in [-0.2, 0) is 4.74 Å². The standard InChI is InChI=1S/C28H31N11O2/c1-28(2)17-38(24-4-3-20(12-29)35-36-24)6-5-23(28)34-25-21(26(30)40)15-33-39-16-18(11-22(25)39)19-13-31-27(32-14-19)37-7-9-41-10-8-37/h3-4,11,13-16,23,34H,5-10,17H2,1-2H3,(H2,30,40). The number of fused-ring (bicyclic) bond motifs is 1. The summed E-state index contributed by atoms with van der Waals surface area (Å²) in [5.41, 5.74) is 9.32. The van der Waals surface area contributed by atoms with Crippen molar-refractivity contribution in [2.75, 3.05) is 54.5 Å². The van der Waals surface area contributed by atoms with Gasteiger partial charge in [0.05, 0.1) is 36.2 Å². The summed E-state index contributed by atoms with van der Waals surface area (Å²) >= 11 is 0. The lowest BCUT2D eigenvalue weighted by molar-refractivity contribution is 0.100. The van der Waals surface area contributed by atoms with Gasteiger partial charge in [-0.25, -0.2) is 14.5 Å². The zero-order valence-electron chi connectivity index (χ0n) is 23.0. The summed E-state index contributed by atoms with van der Waals surface area (Å²) in [4.78, 5) is 25.9. The molecule has 6 rings (SSSR count). The molecule has 2 fully saturated rings. The minimum atomic E-state index is -0.549. The largest absolute Gasteiger partial charge is 0.379 e. The first-order valence-corrected chi connectivity index (χ1v) is 13.5. The van der Waals surface area contributed by atoms with Crippen LogP contribution in [0.4, 0.5) is 17.5 Å². The third-order valence-electron chi connectivity index (χ3n) is 7.81. The van der Waals surface area contributed by atoms with E-state index in [1.807, 2.05) is 24.4 Å². The van der Waals surface area contributed by atoms with E-state index in [0.717, 1.165) is 48.5 Å². The highest BCUT2D eigenvalue weighted by molar-refractivity contribution is 6.02. The lowest BCUT2D eigenvalue weighted by Gasteiger charge is -2.45. The summed E-state index contributed by atoms with van der Waals surface area (Å²) in [5, 5.41) is 25.4. The van der Waals surface area contributed by atoms with Crippen LogP contribution in [0, 0.1) is 16.7 Å². The van der Waals surface area contributed by atoms with E-state index in [9.17, 15) is 4.79 Å². The molecule has 1 amide bonds. The summed E-state index contributed by atoms with van der Waals surface area (Å²) in [6.45, 7) is 8.64. The predicted octanol–water partition coefficient (Wildman–Crippen LogP) is 2.11. The number of primary amides is 1. The molecule has 4 aromatic heterocycles. The van der Waals surface area contributed by atoms with Crippen LogP contribution in [0.15, 0.2) is 43.0 Å². The van der Waals surface area contributed by atoms with Crippen LogP contribution in [0.3, 0.4) is 0 Å². The summed E-state index contributed by atoms with van der Waals surface area (Å²) in [7, 11) is 0. The third-order valence-corrected chi connectivity index (χ3v) is 7.81. The topological polar surface area (TPSA) is 163 Å². The molecule has 2 saturated heterocycles. The molecular weight excluding hydrogens is 522 g/mol. The number of nitrogens with one attached hydrogen (secondary N) is 1. The maximum atomic E-state index is 12.5. The number of nitrogens with zero attached hydrogens (tertiary/aromatic N) is 9. The molecule has 13 heteroatoms. The number of nitrogens with two attached hydrogens (primary N) is 1. The maximum absolute atomic E-state index is 12.5. The van der Waals surface area contributed by atoms with Crippen molar-refractivity contribution >= 4 is 28.9 Å². The number of aromatic nitrogens is 6. The lowest BCUT2D eigenvalue weighted by Crippen LogP contribution is -2.52. The van der Waals surface area contributed by atoms with E-state index < -0.39 is 5.91 Å². The SMILES string of the molecule is CC1(C)CN(c2ccc(C#N)nn2)CCC1Nc1c(C(N)=O)cnn2cc(-c3cnc(N4CCOCC4)nc3)cc12.